The van der Waals surface area contributed by atoms with E-state index < -0.39 is 5.60 Å². The first kappa shape index (κ1) is 18.4. The number of tetrazole rings is 1. The van der Waals surface area contributed by atoms with Crippen molar-refractivity contribution in [2.45, 2.75) is 56.5 Å². The zero-order valence-electron chi connectivity index (χ0n) is 16.2. The highest BCUT2D eigenvalue weighted by Crippen LogP contribution is 2.46. The monoisotopic (exact) mass is 393 g/mol. The van der Waals surface area contributed by atoms with Crippen molar-refractivity contribution in [3.05, 3.63) is 77.4 Å². The summed E-state index contributed by atoms with van der Waals surface area (Å²) in [6.45, 7) is 1.30. The molecule has 1 aromatic heterocycles. The van der Waals surface area contributed by atoms with Crippen molar-refractivity contribution in [3.63, 3.8) is 0 Å². The molecule has 3 aromatic rings. The Bertz CT molecular complexity index is 978. The third kappa shape index (κ3) is 3.56. The van der Waals surface area contributed by atoms with Crippen LogP contribution in [0.25, 0.3) is 0 Å². The van der Waals surface area contributed by atoms with Crippen LogP contribution in [0.2, 0.25) is 0 Å². The molecule has 0 radical (unpaired) electrons. The third-order valence-electron chi connectivity index (χ3n) is 6.38. The van der Waals surface area contributed by atoms with Crippen molar-refractivity contribution in [2.75, 3.05) is 0 Å². The van der Waals surface area contributed by atoms with Gasteiger partial charge < -0.3 is 5.11 Å². The number of aliphatic hydroxyl groups is 1. The maximum Gasteiger partial charge on any atom is 0.165 e. The summed E-state index contributed by atoms with van der Waals surface area (Å²) >= 11 is 0. The lowest BCUT2D eigenvalue weighted by Crippen LogP contribution is -2.49. The van der Waals surface area contributed by atoms with Crippen molar-refractivity contribution >= 4 is 0 Å². The molecule has 0 aliphatic carbocycles. The average molecular weight is 393 g/mol. The normalized spacial score (nSPS) is 26.7. The molecule has 0 saturated carbocycles. The molecule has 2 aliphatic heterocycles. The smallest absolute Gasteiger partial charge is 0.165 e. The van der Waals surface area contributed by atoms with Gasteiger partial charge in [0.15, 0.2) is 5.82 Å². The second-order valence-electron chi connectivity index (χ2n) is 8.25. The highest BCUT2D eigenvalue weighted by molar-refractivity contribution is 5.26. The number of hydrogen-bond donors (Lipinski definition) is 1. The number of rotatable bonds is 5. The number of hydrogen-bond acceptors (Lipinski definition) is 5. The molecule has 2 atom stereocenters. The number of nitrogens with zero attached hydrogens (tertiary/aromatic N) is 5. The van der Waals surface area contributed by atoms with Gasteiger partial charge in [-0.1, -0.05) is 42.5 Å². The molecule has 2 fully saturated rings. The van der Waals surface area contributed by atoms with Crippen molar-refractivity contribution in [1.29, 1.82) is 0 Å². The van der Waals surface area contributed by atoms with Crippen LogP contribution < -0.4 is 0 Å². The van der Waals surface area contributed by atoms with Crippen LogP contribution in [0.1, 0.15) is 42.6 Å². The van der Waals surface area contributed by atoms with Gasteiger partial charge in [-0.25, -0.2) is 9.07 Å². The Balaban J connectivity index is 1.33. The van der Waals surface area contributed by atoms with Gasteiger partial charge in [0.1, 0.15) is 5.82 Å². The van der Waals surface area contributed by atoms with E-state index in [1.807, 2.05) is 28.9 Å². The fourth-order valence-electron chi connectivity index (χ4n) is 4.97. The fourth-order valence-corrected chi connectivity index (χ4v) is 4.97. The van der Waals surface area contributed by atoms with Crippen molar-refractivity contribution in [3.8, 4) is 0 Å². The van der Waals surface area contributed by atoms with Gasteiger partial charge in [-0.05, 0) is 59.4 Å². The minimum Gasteiger partial charge on any atom is -0.385 e. The van der Waals surface area contributed by atoms with Crippen LogP contribution >= 0.6 is 0 Å². The standard InChI is InChI=1S/C22H24FN5O/c23-18-8-4-7-17(11-18)22(29)12-19-9-10-20(13-22)27(19)15-21-24-25-26-28(21)14-16-5-2-1-3-6-16/h1-8,11,19-20,29H,9-10,12-15H2. The highest BCUT2D eigenvalue weighted by atomic mass is 19.1. The minimum atomic E-state index is -0.972. The molecule has 7 heteroatoms. The highest BCUT2D eigenvalue weighted by Gasteiger charge is 2.48. The van der Waals surface area contributed by atoms with E-state index in [2.05, 4.69) is 32.6 Å². The summed E-state index contributed by atoms with van der Waals surface area (Å²) in [5.41, 5.74) is 0.867. The van der Waals surface area contributed by atoms with Gasteiger partial charge in [0, 0.05) is 12.1 Å². The van der Waals surface area contributed by atoms with E-state index in [4.69, 9.17) is 0 Å². The predicted molar refractivity (Wildman–Crippen MR) is 105 cm³/mol. The van der Waals surface area contributed by atoms with Crippen LogP contribution in [0.5, 0.6) is 0 Å². The predicted octanol–water partition coefficient (Wildman–Crippen LogP) is 2.88. The van der Waals surface area contributed by atoms with Gasteiger partial charge in [-0.3, -0.25) is 4.90 Å². The minimum absolute atomic E-state index is 0.240. The lowest BCUT2D eigenvalue weighted by Gasteiger charge is -2.43. The number of benzene rings is 2. The van der Waals surface area contributed by atoms with E-state index in [1.165, 1.54) is 12.1 Å². The Labute approximate surface area is 169 Å². The number of aromatic nitrogens is 4. The summed E-state index contributed by atoms with van der Waals surface area (Å²) in [5, 5.41) is 23.6. The van der Waals surface area contributed by atoms with Crippen LogP contribution in [0.4, 0.5) is 4.39 Å². The molecule has 0 spiro atoms. The molecule has 2 bridgehead atoms. The quantitative estimate of drug-likeness (QED) is 0.722. The van der Waals surface area contributed by atoms with Crippen LogP contribution in [-0.4, -0.2) is 42.3 Å². The average Bonchev–Trinajstić information content (AvgIpc) is 3.25. The van der Waals surface area contributed by atoms with Gasteiger partial charge in [0.25, 0.3) is 0 Å². The maximum absolute atomic E-state index is 13.7. The zero-order chi connectivity index (χ0) is 19.8. The van der Waals surface area contributed by atoms with Crippen LogP contribution in [0.15, 0.2) is 54.6 Å². The molecule has 150 valence electrons. The first-order chi connectivity index (χ1) is 14.1. The molecule has 0 amide bonds. The van der Waals surface area contributed by atoms with Gasteiger partial charge in [-0.15, -0.1) is 5.10 Å². The largest absolute Gasteiger partial charge is 0.385 e. The Kier molecular flexibility index (Phi) is 4.64. The van der Waals surface area contributed by atoms with Gasteiger partial charge in [0.2, 0.25) is 0 Å². The molecular formula is C22H24FN5O. The fraction of sp³-hybridized carbons (Fsp3) is 0.409. The Morgan fingerprint density at radius 3 is 2.48 bits per heavy atom. The second-order valence-corrected chi connectivity index (χ2v) is 8.25. The van der Waals surface area contributed by atoms with Crippen LogP contribution in [-0.2, 0) is 18.7 Å². The third-order valence-corrected chi connectivity index (χ3v) is 6.38. The Morgan fingerprint density at radius 1 is 1.00 bits per heavy atom. The molecule has 2 aromatic carbocycles. The molecule has 29 heavy (non-hydrogen) atoms. The van der Waals surface area contributed by atoms with E-state index in [1.54, 1.807) is 6.07 Å². The zero-order valence-corrected chi connectivity index (χ0v) is 16.2. The molecular weight excluding hydrogens is 369 g/mol. The molecule has 2 unspecified atom stereocenters. The first-order valence-electron chi connectivity index (χ1n) is 10.1. The summed E-state index contributed by atoms with van der Waals surface area (Å²) in [6, 6.07) is 17.0. The topological polar surface area (TPSA) is 67.1 Å². The van der Waals surface area contributed by atoms with E-state index in [0.717, 1.165) is 24.2 Å². The molecule has 3 heterocycles. The summed E-state index contributed by atoms with van der Waals surface area (Å²) < 4.78 is 15.6. The molecule has 1 N–H and O–H groups in total. The van der Waals surface area contributed by atoms with E-state index in [9.17, 15) is 9.50 Å². The molecule has 5 rings (SSSR count). The van der Waals surface area contributed by atoms with Gasteiger partial charge >= 0.3 is 0 Å². The van der Waals surface area contributed by atoms with E-state index in [0.29, 0.717) is 31.5 Å². The first-order valence-corrected chi connectivity index (χ1v) is 10.1. The van der Waals surface area contributed by atoms with Gasteiger partial charge in [-0.2, -0.15) is 0 Å². The molecule has 2 aliphatic rings. The van der Waals surface area contributed by atoms with Gasteiger partial charge in [0.05, 0.1) is 18.7 Å². The Morgan fingerprint density at radius 2 is 1.76 bits per heavy atom. The van der Waals surface area contributed by atoms with Crippen LogP contribution in [0.3, 0.4) is 0 Å². The van der Waals surface area contributed by atoms with Crippen molar-refractivity contribution in [2.24, 2.45) is 0 Å². The van der Waals surface area contributed by atoms with Crippen molar-refractivity contribution < 1.29 is 9.50 Å². The Hall–Kier alpha value is -2.64. The molecule has 6 nitrogen and oxygen atoms in total. The van der Waals surface area contributed by atoms with Crippen molar-refractivity contribution in [1.82, 2.24) is 25.1 Å². The SMILES string of the molecule is OC1(c2cccc(F)c2)CC2CCC(C1)N2Cc1nnnn1Cc1ccccc1. The summed E-state index contributed by atoms with van der Waals surface area (Å²) in [5.74, 6) is 0.535. The van der Waals surface area contributed by atoms with Crippen LogP contribution in [0, 0.1) is 5.82 Å². The van der Waals surface area contributed by atoms with E-state index in [-0.39, 0.29) is 17.9 Å². The maximum atomic E-state index is 13.7. The number of piperidine rings is 1. The lowest BCUT2D eigenvalue weighted by molar-refractivity contribution is -0.0605. The number of fused-ring (bicyclic) bond motifs is 2. The number of halogens is 1. The summed E-state index contributed by atoms with van der Waals surface area (Å²) in [4.78, 5) is 2.42. The summed E-state index contributed by atoms with van der Waals surface area (Å²) in [6.07, 6.45) is 3.27. The summed E-state index contributed by atoms with van der Waals surface area (Å²) in [7, 11) is 0. The second kappa shape index (κ2) is 7.31. The lowest BCUT2D eigenvalue weighted by atomic mass is 9.80. The molecule has 2 saturated heterocycles. The van der Waals surface area contributed by atoms with E-state index >= 15 is 0 Å².